The van der Waals surface area contributed by atoms with E-state index in [4.69, 9.17) is 5.73 Å². The van der Waals surface area contributed by atoms with Crippen molar-refractivity contribution in [3.05, 3.63) is 59.9 Å². The fraction of sp³-hybridized carbons (Fsp3) is 0.300. The van der Waals surface area contributed by atoms with Gasteiger partial charge in [-0.15, -0.1) is 0 Å². The van der Waals surface area contributed by atoms with E-state index in [1.165, 1.54) is 49.5 Å². The zero-order valence-corrected chi connectivity index (χ0v) is 16.7. The summed E-state index contributed by atoms with van der Waals surface area (Å²) in [6.07, 6.45) is 0.962. The molecular formula is C20H22FN3O4S. The van der Waals surface area contributed by atoms with Gasteiger partial charge >= 0.3 is 0 Å². The quantitative estimate of drug-likeness (QED) is 0.801. The van der Waals surface area contributed by atoms with Crippen LogP contribution in [-0.4, -0.2) is 45.3 Å². The molecule has 0 saturated carbocycles. The normalized spacial score (nSPS) is 15.2. The number of nitrogens with two attached hydrogens (primary N) is 1. The van der Waals surface area contributed by atoms with E-state index in [-0.39, 0.29) is 33.9 Å². The Morgan fingerprint density at radius 2 is 1.76 bits per heavy atom. The number of anilines is 1. The lowest BCUT2D eigenvalue weighted by molar-refractivity contribution is -0.123. The van der Waals surface area contributed by atoms with Crippen molar-refractivity contribution in [3.63, 3.8) is 0 Å². The minimum atomic E-state index is -4.06. The lowest BCUT2D eigenvalue weighted by atomic mass is 9.96. The fourth-order valence-corrected chi connectivity index (χ4v) is 4.58. The van der Waals surface area contributed by atoms with Crippen molar-refractivity contribution in [2.45, 2.75) is 17.7 Å². The summed E-state index contributed by atoms with van der Waals surface area (Å²) in [6, 6.07) is 11.2. The summed E-state index contributed by atoms with van der Waals surface area (Å²) in [4.78, 5) is 25.5. The van der Waals surface area contributed by atoms with E-state index in [1.807, 2.05) is 0 Å². The Kier molecular flexibility index (Phi) is 5.88. The van der Waals surface area contributed by atoms with Crippen LogP contribution in [0.3, 0.4) is 0 Å². The minimum Gasteiger partial charge on any atom is -0.369 e. The first-order valence-electron chi connectivity index (χ1n) is 9.14. The second-order valence-corrected chi connectivity index (χ2v) is 8.89. The molecule has 1 heterocycles. The van der Waals surface area contributed by atoms with Gasteiger partial charge in [-0.2, -0.15) is 0 Å². The molecule has 0 bridgehead atoms. The SMILES string of the molecule is CN(c1ccccc1F)S(=O)(=O)c1cccc(C(=O)N2CCC(C(N)=O)CC2)c1. The number of carbonyl (C=O) groups excluding carboxylic acids is 2. The molecule has 0 radical (unpaired) electrons. The number of likely N-dealkylation sites (tertiary alicyclic amines) is 1. The zero-order chi connectivity index (χ0) is 21.2. The molecule has 3 rings (SSSR count). The number of halogens is 1. The van der Waals surface area contributed by atoms with Crippen LogP contribution in [0.4, 0.5) is 10.1 Å². The van der Waals surface area contributed by atoms with Crippen LogP contribution in [0.5, 0.6) is 0 Å². The lowest BCUT2D eigenvalue weighted by Gasteiger charge is -2.30. The molecule has 2 aromatic rings. The molecule has 0 unspecified atom stereocenters. The third kappa shape index (κ3) is 4.24. The first-order valence-corrected chi connectivity index (χ1v) is 10.6. The Labute approximate surface area is 169 Å². The summed E-state index contributed by atoms with van der Waals surface area (Å²) in [5, 5.41) is 0. The standard InChI is InChI=1S/C20H22FN3O4S/c1-23(18-8-3-2-7-17(18)21)29(27,28)16-6-4-5-15(13-16)20(26)24-11-9-14(10-12-24)19(22)25/h2-8,13-14H,9-12H2,1H3,(H2,22,25). The van der Waals surface area contributed by atoms with Crippen molar-refractivity contribution in [2.24, 2.45) is 11.7 Å². The number of primary amides is 1. The molecule has 0 aliphatic carbocycles. The van der Waals surface area contributed by atoms with E-state index in [1.54, 1.807) is 11.0 Å². The molecule has 29 heavy (non-hydrogen) atoms. The molecule has 0 aromatic heterocycles. The molecular weight excluding hydrogens is 397 g/mol. The molecule has 7 nitrogen and oxygen atoms in total. The average molecular weight is 419 g/mol. The first-order chi connectivity index (χ1) is 13.7. The topological polar surface area (TPSA) is 101 Å². The van der Waals surface area contributed by atoms with Gasteiger partial charge in [-0.1, -0.05) is 18.2 Å². The number of hydrogen-bond donors (Lipinski definition) is 1. The first kappa shape index (κ1) is 20.8. The summed E-state index contributed by atoms with van der Waals surface area (Å²) >= 11 is 0. The number of benzene rings is 2. The van der Waals surface area contributed by atoms with Crippen LogP contribution in [-0.2, 0) is 14.8 Å². The number of para-hydroxylation sites is 1. The Bertz CT molecular complexity index is 1030. The van der Waals surface area contributed by atoms with Crippen LogP contribution in [0, 0.1) is 11.7 Å². The van der Waals surface area contributed by atoms with Crippen molar-refractivity contribution in [2.75, 3.05) is 24.4 Å². The van der Waals surface area contributed by atoms with E-state index in [9.17, 15) is 22.4 Å². The van der Waals surface area contributed by atoms with Gasteiger partial charge in [0.05, 0.1) is 10.6 Å². The third-order valence-corrected chi connectivity index (χ3v) is 6.88. The number of nitrogens with zero attached hydrogens (tertiary/aromatic N) is 2. The highest BCUT2D eigenvalue weighted by molar-refractivity contribution is 7.92. The summed E-state index contributed by atoms with van der Waals surface area (Å²) in [5.41, 5.74) is 5.44. The number of rotatable bonds is 5. The third-order valence-electron chi connectivity index (χ3n) is 5.12. The molecule has 1 aliphatic heterocycles. The maximum absolute atomic E-state index is 14.0. The van der Waals surface area contributed by atoms with E-state index in [0.717, 1.165) is 4.31 Å². The van der Waals surface area contributed by atoms with Crippen LogP contribution in [0.2, 0.25) is 0 Å². The highest BCUT2D eigenvalue weighted by Crippen LogP contribution is 2.26. The number of sulfonamides is 1. The Morgan fingerprint density at radius 1 is 1.10 bits per heavy atom. The summed E-state index contributed by atoms with van der Waals surface area (Å²) in [7, 11) is -2.80. The van der Waals surface area contributed by atoms with Gasteiger partial charge in [0.1, 0.15) is 5.82 Å². The second-order valence-electron chi connectivity index (χ2n) is 6.92. The maximum Gasteiger partial charge on any atom is 0.264 e. The van der Waals surface area contributed by atoms with Crippen LogP contribution in [0.25, 0.3) is 0 Å². The number of carbonyl (C=O) groups is 2. The molecule has 9 heteroatoms. The fourth-order valence-electron chi connectivity index (χ4n) is 3.33. The van der Waals surface area contributed by atoms with E-state index >= 15 is 0 Å². The van der Waals surface area contributed by atoms with Gasteiger partial charge in [-0.05, 0) is 43.2 Å². The summed E-state index contributed by atoms with van der Waals surface area (Å²) < 4.78 is 40.8. The highest BCUT2D eigenvalue weighted by Gasteiger charge is 2.28. The number of hydrogen-bond acceptors (Lipinski definition) is 4. The van der Waals surface area contributed by atoms with E-state index in [2.05, 4.69) is 0 Å². The smallest absolute Gasteiger partial charge is 0.264 e. The van der Waals surface area contributed by atoms with Gasteiger partial charge in [0, 0.05) is 31.6 Å². The van der Waals surface area contributed by atoms with Crippen molar-refractivity contribution >= 4 is 27.5 Å². The molecule has 2 amide bonds. The van der Waals surface area contributed by atoms with E-state index in [0.29, 0.717) is 25.9 Å². The summed E-state index contributed by atoms with van der Waals surface area (Å²) in [6.45, 7) is 0.747. The molecule has 2 N–H and O–H groups in total. The molecule has 0 spiro atoms. The zero-order valence-electron chi connectivity index (χ0n) is 15.9. The van der Waals surface area contributed by atoms with Gasteiger partial charge < -0.3 is 10.6 Å². The van der Waals surface area contributed by atoms with Gasteiger partial charge in [0.2, 0.25) is 5.91 Å². The Morgan fingerprint density at radius 3 is 2.38 bits per heavy atom. The van der Waals surface area contributed by atoms with Gasteiger partial charge in [0.25, 0.3) is 15.9 Å². The molecule has 1 fully saturated rings. The Hall–Kier alpha value is -2.94. The van der Waals surface area contributed by atoms with Gasteiger partial charge in [0.15, 0.2) is 0 Å². The lowest BCUT2D eigenvalue weighted by Crippen LogP contribution is -2.41. The van der Waals surface area contributed by atoms with Crippen LogP contribution in [0.1, 0.15) is 23.2 Å². The molecule has 1 aliphatic rings. The second kappa shape index (κ2) is 8.20. The van der Waals surface area contributed by atoms with Crippen molar-refractivity contribution in [1.82, 2.24) is 4.90 Å². The van der Waals surface area contributed by atoms with Gasteiger partial charge in [-0.25, -0.2) is 12.8 Å². The number of piperidine rings is 1. The highest BCUT2D eigenvalue weighted by atomic mass is 32.2. The monoisotopic (exact) mass is 419 g/mol. The minimum absolute atomic E-state index is 0.0854. The van der Waals surface area contributed by atoms with Crippen molar-refractivity contribution in [3.8, 4) is 0 Å². The molecule has 1 saturated heterocycles. The maximum atomic E-state index is 14.0. The van der Waals surface area contributed by atoms with Crippen LogP contribution >= 0.6 is 0 Å². The predicted octanol–water partition coefficient (Wildman–Crippen LogP) is 1.99. The average Bonchev–Trinajstić information content (AvgIpc) is 2.73. The van der Waals surface area contributed by atoms with Gasteiger partial charge in [-0.3, -0.25) is 13.9 Å². The van der Waals surface area contributed by atoms with Crippen LogP contribution < -0.4 is 10.0 Å². The van der Waals surface area contributed by atoms with Crippen molar-refractivity contribution in [1.29, 1.82) is 0 Å². The van der Waals surface area contributed by atoms with E-state index < -0.39 is 15.8 Å². The Balaban J connectivity index is 1.83. The molecule has 2 aromatic carbocycles. The summed E-state index contributed by atoms with van der Waals surface area (Å²) in [5.74, 6) is -1.61. The molecule has 154 valence electrons. The largest absolute Gasteiger partial charge is 0.369 e. The number of amides is 2. The molecule has 0 atom stereocenters. The predicted molar refractivity (Wildman–Crippen MR) is 106 cm³/mol. The van der Waals surface area contributed by atoms with Crippen LogP contribution in [0.15, 0.2) is 53.4 Å². The van der Waals surface area contributed by atoms with Crippen molar-refractivity contribution < 1.29 is 22.4 Å².